The number of benzene rings is 1. The number of nitrogens with zero attached hydrogens (tertiary/aromatic N) is 2. The molecule has 0 atom stereocenters. The van der Waals surface area contributed by atoms with Crippen LogP contribution < -0.4 is 10.2 Å². The Morgan fingerprint density at radius 3 is 2.68 bits per heavy atom. The highest BCUT2D eigenvalue weighted by atomic mass is 32.1. The smallest absolute Gasteiger partial charge is 0.125 e. The number of nitrogens with one attached hydrogen (secondary N) is 1. The van der Waals surface area contributed by atoms with Gasteiger partial charge in [0.1, 0.15) is 10.0 Å². The SMILES string of the molecule is CN(C)c1ccc(-c2nc3c(s2)NCCCC3)cc1. The van der Waals surface area contributed by atoms with Crippen molar-refractivity contribution in [2.45, 2.75) is 19.3 Å². The molecule has 3 nitrogen and oxygen atoms in total. The molecule has 0 amide bonds. The number of hydrogen-bond acceptors (Lipinski definition) is 4. The van der Waals surface area contributed by atoms with Gasteiger partial charge in [-0.25, -0.2) is 4.98 Å². The molecule has 0 radical (unpaired) electrons. The molecule has 0 fully saturated rings. The van der Waals surface area contributed by atoms with E-state index in [0.717, 1.165) is 18.0 Å². The number of anilines is 2. The topological polar surface area (TPSA) is 28.2 Å². The van der Waals surface area contributed by atoms with Gasteiger partial charge in [-0.2, -0.15) is 0 Å². The predicted molar refractivity (Wildman–Crippen MR) is 83.3 cm³/mol. The maximum atomic E-state index is 4.80. The quantitative estimate of drug-likeness (QED) is 0.905. The van der Waals surface area contributed by atoms with Gasteiger partial charge in [0.05, 0.1) is 5.69 Å². The fourth-order valence-electron chi connectivity index (χ4n) is 2.30. The van der Waals surface area contributed by atoms with E-state index >= 15 is 0 Å². The standard InChI is InChI=1S/C15H19N3S/c1-18(2)12-8-6-11(7-9-12)14-17-13-5-3-4-10-16-15(13)19-14/h6-9,16H,3-5,10H2,1-2H3. The molecule has 1 aromatic carbocycles. The average molecular weight is 273 g/mol. The average Bonchev–Trinajstić information content (AvgIpc) is 2.70. The molecule has 3 rings (SSSR count). The minimum Gasteiger partial charge on any atom is -0.378 e. The summed E-state index contributed by atoms with van der Waals surface area (Å²) in [4.78, 5) is 6.91. The summed E-state index contributed by atoms with van der Waals surface area (Å²) in [5, 5.41) is 5.89. The van der Waals surface area contributed by atoms with E-state index in [1.54, 1.807) is 11.3 Å². The molecule has 1 aromatic heterocycles. The molecule has 100 valence electrons. The second kappa shape index (κ2) is 5.21. The van der Waals surface area contributed by atoms with Crippen molar-refractivity contribution < 1.29 is 0 Å². The Balaban J connectivity index is 1.89. The monoisotopic (exact) mass is 273 g/mol. The van der Waals surface area contributed by atoms with E-state index in [4.69, 9.17) is 4.98 Å². The van der Waals surface area contributed by atoms with Crippen molar-refractivity contribution in [3.63, 3.8) is 0 Å². The molecule has 0 bridgehead atoms. The zero-order chi connectivity index (χ0) is 13.2. The Morgan fingerprint density at radius 2 is 1.95 bits per heavy atom. The molecule has 0 unspecified atom stereocenters. The van der Waals surface area contributed by atoms with E-state index in [1.165, 1.54) is 34.8 Å². The highest BCUT2D eigenvalue weighted by Crippen LogP contribution is 2.34. The first kappa shape index (κ1) is 12.5. The third kappa shape index (κ3) is 2.59. The van der Waals surface area contributed by atoms with Crippen LogP contribution in [0.2, 0.25) is 0 Å². The molecule has 1 aliphatic heterocycles. The van der Waals surface area contributed by atoms with Crippen molar-refractivity contribution >= 4 is 22.0 Å². The lowest BCUT2D eigenvalue weighted by molar-refractivity contribution is 0.775. The van der Waals surface area contributed by atoms with Crippen LogP contribution in [0, 0.1) is 0 Å². The summed E-state index contributed by atoms with van der Waals surface area (Å²) in [5.41, 5.74) is 3.68. The number of hydrogen-bond donors (Lipinski definition) is 1. The van der Waals surface area contributed by atoms with Gasteiger partial charge < -0.3 is 10.2 Å². The highest BCUT2D eigenvalue weighted by Gasteiger charge is 2.14. The summed E-state index contributed by atoms with van der Waals surface area (Å²) in [5.74, 6) is 0. The van der Waals surface area contributed by atoms with Crippen LogP contribution in [0.5, 0.6) is 0 Å². The largest absolute Gasteiger partial charge is 0.378 e. The van der Waals surface area contributed by atoms with Crippen LogP contribution in [0.15, 0.2) is 24.3 Å². The fraction of sp³-hybridized carbons (Fsp3) is 0.400. The molecule has 2 aromatic rings. The Morgan fingerprint density at radius 1 is 1.16 bits per heavy atom. The summed E-state index contributed by atoms with van der Waals surface area (Å²) >= 11 is 1.78. The molecular weight excluding hydrogens is 254 g/mol. The van der Waals surface area contributed by atoms with E-state index in [9.17, 15) is 0 Å². The van der Waals surface area contributed by atoms with Crippen molar-refractivity contribution in [1.29, 1.82) is 0 Å². The molecule has 1 N–H and O–H groups in total. The Labute approximate surface area is 118 Å². The second-order valence-electron chi connectivity index (χ2n) is 5.12. The minimum atomic E-state index is 1.08. The van der Waals surface area contributed by atoms with Gasteiger partial charge >= 0.3 is 0 Å². The molecular formula is C15H19N3S. The van der Waals surface area contributed by atoms with Gasteiger partial charge in [0.25, 0.3) is 0 Å². The lowest BCUT2D eigenvalue weighted by Gasteiger charge is -2.12. The van der Waals surface area contributed by atoms with Gasteiger partial charge in [-0.1, -0.05) is 11.3 Å². The van der Waals surface area contributed by atoms with Gasteiger partial charge in [0.15, 0.2) is 0 Å². The fourth-order valence-corrected chi connectivity index (χ4v) is 3.35. The van der Waals surface area contributed by atoms with Gasteiger partial charge in [0.2, 0.25) is 0 Å². The maximum Gasteiger partial charge on any atom is 0.125 e. The molecule has 0 saturated heterocycles. The summed E-state index contributed by atoms with van der Waals surface area (Å²) < 4.78 is 0. The third-order valence-corrected chi connectivity index (χ3v) is 4.56. The summed E-state index contributed by atoms with van der Waals surface area (Å²) in [6.07, 6.45) is 3.59. The van der Waals surface area contributed by atoms with Crippen LogP contribution in [-0.4, -0.2) is 25.6 Å². The predicted octanol–water partition coefficient (Wildman–Crippen LogP) is 3.62. The number of fused-ring (bicyclic) bond motifs is 1. The van der Waals surface area contributed by atoms with Gasteiger partial charge in [-0.15, -0.1) is 0 Å². The number of thiazole rings is 1. The van der Waals surface area contributed by atoms with Crippen LogP contribution in [0.4, 0.5) is 10.7 Å². The zero-order valence-corrected chi connectivity index (χ0v) is 12.3. The van der Waals surface area contributed by atoms with Crippen LogP contribution >= 0.6 is 11.3 Å². The zero-order valence-electron chi connectivity index (χ0n) is 11.4. The van der Waals surface area contributed by atoms with Crippen LogP contribution in [0.25, 0.3) is 10.6 Å². The second-order valence-corrected chi connectivity index (χ2v) is 6.12. The van der Waals surface area contributed by atoms with Crippen molar-refractivity contribution in [3.8, 4) is 10.6 Å². The number of aryl methyl sites for hydroxylation is 1. The summed E-state index contributed by atoms with van der Waals surface area (Å²) in [6, 6.07) is 8.62. The first-order valence-electron chi connectivity index (χ1n) is 6.75. The van der Waals surface area contributed by atoms with Crippen LogP contribution in [0.3, 0.4) is 0 Å². The van der Waals surface area contributed by atoms with Crippen molar-refractivity contribution in [3.05, 3.63) is 30.0 Å². The van der Waals surface area contributed by atoms with Crippen molar-refractivity contribution in [1.82, 2.24) is 4.98 Å². The minimum absolute atomic E-state index is 1.08. The van der Waals surface area contributed by atoms with Crippen LogP contribution in [0.1, 0.15) is 18.5 Å². The normalized spacial score (nSPS) is 14.4. The van der Waals surface area contributed by atoms with Gasteiger partial charge in [0, 0.05) is 31.9 Å². The molecule has 1 aliphatic rings. The van der Waals surface area contributed by atoms with Gasteiger partial charge in [-0.3, -0.25) is 0 Å². The van der Waals surface area contributed by atoms with E-state index < -0.39 is 0 Å². The molecule has 4 heteroatoms. The van der Waals surface area contributed by atoms with Gasteiger partial charge in [-0.05, 0) is 43.5 Å². The van der Waals surface area contributed by atoms with E-state index in [0.29, 0.717) is 0 Å². The lowest BCUT2D eigenvalue weighted by Crippen LogP contribution is -2.07. The molecule has 19 heavy (non-hydrogen) atoms. The van der Waals surface area contributed by atoms with E-state index in [2.05, 4.69) is 48.6 Å². The summed E-state index contributed by atoms with van der Waals surface area (Å²) in [7, 11) is 4.12. The molecule has 0 spiro atoms. The first-order chi connectivity index (χ1) is 9.24. The van der Waals surface area contributed by atoms with Crippen molar-refractivity contribution in [2.75, 3.05) is 30.9 Å². The summed E-state index contributed by atoms with van der Waals surface area (Å²) in [6.45, 7) is 1.08. The van der Waals surface area contributed by atoms with E-state index in [-0.39, 0.29) is 0 Å². The molecule has 2 heterocycles. The maximum absolute atomic E-state index is 4.80. The number of rotatable bonds is 2. The van der Waals surface area contributed by atoms with Crippen LogP contribution in [-0.2, 0) is 6.42 Å². The molecule has 0 aliphatic carbocycles. The Bertz CT molecular complexity index is 534. The van der Waals surface area contributed by atoms with Crippen molar-refractivity contribution in [2.24, 2.45) is 0 Å². The first-order valence-corrected chi connectivity index (χ1v) is 7.57. The molecule has 0 saturated carbocycles. The number of aromatic nitrogens is 1. The highest BCUT2D eigenvalue weighted by molar-refractivity contribution is 7.19. The van der Waals surface area contributed by atoms with E-state index in [1.807, 2.05) is 0 Å². The Kier molecular flexibility index (Phi) is 3.42. The third-order valence-electron chi connectivity index (χ3n) is 3.45. The Hall–Kier alpha value is -1.55. The lowest BCUT2D eigenvalue weighted by atomic mass is 10.2.